The molecule has 0 aliphatic carbocycles. The first-order chi connectivity index (χ1) is 9.26. The van der Waals surface area contributed by atoms with Gasteiger partial charge in [-0.3, -0.25) is 0 Å². The van der Waals surface area contributed by atoms with E-state index in [0.717, 1.165) is 0 Å². The minimum atomic E-state index is -0.588. The second kappa shape index (κ2) is 4.96. The lowest BCUT2D eigenvalue weighted by Crippen LogP contribution is -2.24. The molecule has 0 unspecified atom stereocenters. The van der Waals surface area contributed by atoms with E-state index < -0.39 is 17.4 Å². The summed E-state index contributed by atoms with van der Waals surface area (Å²) in [6.07, 6.45) is 1.57. The van der Waals surface area contributed by atoms with Gasteiger partial charge in [0.25, 0.3) is 0 Å². The van der Waals surface area contributed by atoms with Gasteiger partial charge in [0.15, 0.2) is 5.69 Å². The Morgan fingerprint density at radius 2 is 2.05 bits per heavy atom. The average Bonchev–Trinajstić information content (AvgIpc) is 2.75. The van der Waals surface area contributed by atoms with Crippen molar-refractivity contribution in [3.63, 3.8) is 0 Å². The fraction of sp³-hybridized carbons (Fsp3) is 0.286. The maximum atomic E-state index is 13.0. The fourth-order valence-electron chi connectivity index (χ4n) is 1.63. The number of halogens is 1. The van der Waals surface area contributed by atoms with Crippen molar-refractivity contribution < 1.29 is 13.9 Å². The van der Waals surface area contributed by atoms with E-state index in [1.165, 1.54) is 28.9 Å². The third-order valence-electron chi connectivity index (χ3n) is 2.43. The number of hydrogen-bond acceptors (Lipinski definition) is 4. The van der Waals surface area contributed by atoms with Crippen molar-refractivity contribution in [3.8, 4) is 5.69 Å². The maximum Gasteiger partial charge on any atom is 0.359 e. The number of ether oxygens (including phenoxy) is 1. The molecule has 0 saturated heterocycles. The average molecular weight is 277 g/mol. The standard InChI is InChI=1S/C14H16FN3O2/c1-14(2,3)20-13(19)11-6-7-18(17-11)12-5-4-9(15)8-10(12)16/h4-8H,16H2,1-3H3. The third-order valence-corrected chi connectivity index (χ3v) is 2.43. The number of aromatic nitrogens is 2. The van der Waals surface area contributed by atoms with Crippen LogP contribution in [0.25, 0.3) is 5.69 Å². The van der Waals surface area contributed by atoms with Gasteiger partial charge in [0.2, 0.25) is 0 Å². The smallest absolute Gasteiger partial charge is 0.359 e. The van der Waals surface area contributed by atoms with E-state index in [2.05, 4.69) is 5.10 Å². The van der Waals surface area contributed by atoms with Crippen molar-refractivity contribution in [3.05, 3.63) is 42.0 Å². The lowest BCUT2D eigenvalue weighted by Gasteiger charge is -2.18. The summed E-state index contributed by atoms with van der Waals surface area (Å²) in [4.78, 5) is 11.9. The van der Waals surface area contributed by atoms with Crippen LogP contribution >= 0.6 is 0 Å². The Morgan fingerprint density at radius 3 is 2.65 bits per heavy atom. The van der Waals surface area contributed by atoms with Gasteiger partial charge in [-0.1, -0.05) is 0 Å². The Balaban J connectivity index is 2.27. The predicted octanol–water partition coefficient (Wildman–Crippen LogP) is 2.55. The van der Waals surface area contributed by atoms with Gasteiger partial charge >= 0.3 is 5.97 Å². The highest BCUT2D eigenvalue weighted by atomic mass is 19.1. The molecular weight excluding hydrogens is 261 g/mol. The second-order valence-electron chi connectivity index (χ2n) is 5.35. The summed E-state index contributed by atoms with van der Waals surface area (Å²) >= 11 is 0. The first kappa shape index (κ1) is 14.0. The van der Waals surface area contributed by atoms with E-state index in [-0.39, 0.29) is 11.4 Å². The van der Waals surface area contributed by atoms with Gasteiger partial charge in [-0.25, -0.2) is 13.9 Å². The number of rotatable bonds is 2. The van der Waals surface area contributed by atoms with Crippen molar-refractivity contribution in [1.82, 2.24) is 9.78 Å². The molecule has 5 nitrogen and oxygen atoms in total. The largest absolute Gasteiger partial charge is 0.455 e. The molecule has 1 heterocycles. The van der Waals surface area contributed by atoms with Crippen molar-refractivity contribution in [2.45, 2.75) is 26.4 Å². The number of nitrogens with zero attached hydrogens (tertiary/aromatic N) is 2. The van der Waals surface area contributed by atoms with Crippen LogP contribution in [0.5, 0.6) is 0 Å². The van der Waals surface area contributed by atoms with Crippen LogP contribution in [0.3, 0.4) is 0 Å². The van der Waals surface area contributed by atoms with Crippen LogP contribution < -0.4 is 5.73 Å². The molecule has 0 saturated carbocycles. The summed E-state index contributed by atoms with van der Waals surface area (Å²) in [6.45, 7) is 5.33. The van der Waals surface area contributed by atoms with Crippen molar-refractivity contribution in [2.24, 2.45) is 0 Å². The first-order valence-corrected chi connectivity index (χ1v) is 6.11. The van der Waals surface area contributed by atoms with Crippen LogP contribution in [0.2, 0.25) is 0 Å². The Kier molecular flexibility index (Phi) is 3.48. The van der Waals surface area contributed by atoms with Crippen molar-refractivity contribution >= 4 is 11.7 Å². The number of anilines is 1. The molecule has 0 amide bonds. The van der Waals surface area contributed by atoms with E-state index >= 15 is 0 Å². The van der Waals surface area contributed by atoms with Gasteiger partial charge in [0, 0.05) is 6.20 Å². The topological polar surface area (TPSA) is 70.1 Å². The van der Waals surface area contributed by atoms with Crippen LogP contribution in [-0.4, -0.2) is 21.4 Å². The minimum Gasteiger partial charge on any atom is -0.455 e. The monoisotopic (exact) mass is 277 g/mol. The third kappa shape index (κ3) is 3.14. The zero-order valence-electron chi connectivity index (χ0n) is 11.6. The first-order valence-electron chi connectivity index (χ1n) is 6.11. The minimum absolute atomic E-state index is 0.170. The zero-order chi connectivity index (χ0) is 14.9. The molecule has 1 aromatic carbocycles. The zero-order valence-corrected chi connectivity index (χ0v) is 11.6. The van der Waals surface area contributed by atoms with E-state index in [1.807, 2.05) is 0 Å². The number of carbonyl (C=O) groups is 1. The van der Waals surface area contributed by atoms with Gasteiger partial charge in [-0.15, -0.1) is 0 Å². The summed E-state index contributed by atoms with van der Waals surface area (Å²) in [5.41, 5.74) is 6.05. The summed E-state index contributed by atoms with van der Waals surface area (Å²) in [6, 6.07) is 5.50. The molecule has 0 atom stereocenters. The van der Waals surface area contributed by atoms with Gasteiger partial charge in [0.1, 0.15) is 11.4 Å². The Labute approximate surface area is 116 Å². The molecule has 0 radical (unpaired) electrons. The van der Waals surface area contributed by atoms with E-state index in [1.54, 1.807) is 27.0 Å². The van der Waals surface area contributed by atoms with Crippen molar-refractivity contribution in [2.75, 3.05) is 5.73 Å². The number of carbonyl (C=O) groups excluding carboxylic acids is 1. The van der Waals surface area contributed by atoms with Crippen LogP contribution in [0.15, 0.2) is 30.5 Å². The van der Waals surface area contributed by atoms with E-state index in [9.17, 15) is 9.18 Å². The highest BCUT2D eigenvalue weighted by Crippen LogP contribution is 2.18. The maximum absolute atomic E-state index is 13.0. The highest BCUT2D eigenvalue weighted by Gasteiger charge is 2.20. The Morgan fingerprint density at radius 1 is 1.35 bits per heavy atom. The Bertz CT molecular complexity index is 644. The molecule has 2 aromatic rings. The van der Waals surface area contributed by atoms with Crippen LogP contribution in [0, 0.1) is 5.82 Å². The molecule has 2 rings (SSSR count). The number of hydrogen-bond donors (Lipinski definition) is 1. The summed E-state index contributed by atoms with van der Waals surface area (Å²) in [7, 11) is 0. The highest BCUT2D eigenvalue weighted by molar-refractivity contribution is 5.87. The molecule has 0 aliphatic rings. The van der Waals surface area contributed by atoms with Gasteiger partial charge in [-0.05, 0) is 45.0 Å². The van der Waals surface area contributed by atoms with Gasteiger partial charge < -0.3 is 10.5 Å². The Hall–Kier alpha value is -2.37. The number of esters is 1. The van der Waals surface area contributed by atoms with E-state index in [0.29, 0.717) is 5.69 Å². The fourth-order valence-corrected chi connectivity index (χ4v) is 1.63. The summed E-state index contributed by atoms with van der Waals surface area (Å²) in [5, 5.41) is 4.09. The predicted molar refractivity (Wildman–Crippen MR) is 73.1 cm³/mol. The quantitative estimate of drug-likeness (QED) is 0.676. The number of nitrogen functional groups attached to an aromatic ring is 1. The van der Waals surface area contributed by atoms with Gasteiger partial charge in [-0.2, -0.15) is 5.10 Å². The van der Waals surface area contributed by atoms with Gasteiger partial charge in [0.05, 0.1) is 11.4 Å². The summed E-state index contributed by atoms with van der Waals surface area (Å²) in [5.74, 6) is -0.942. The molecule has 106 valence electrons. The van der Waals surface area contributed by atoms with Crippen LogP contribution in [-0.2, 0) is 4.74 Å². The number of nitrogens with two attached hydrogens (primary N) is 1. The van der Waals surface area contributed by atoms with Crippen molar-refractivity contribution in [1.29, 1.82) is 0 Å². The molecule has 0 spiro atoms. The lowest BCUT2D eigenvalue weighted by atomic mass is 10.2. The molecule has 0 fully saturated rings. The molecule has 20 heavy (non-hydrogen) atoms. The molecular formula is C14H16FN3O2. The molecule has 0 bridgehead atoms. The molecule has 1 aromatic heterocycles. The van der Waals surface area contributed by atoms with Crippen LogP contribution in [0.1, 0.15) is 31.3 Å². The lowest BCUT2D eigenvalue weighted by molar-refractivity contribution is 0.00624. The molecule has 0 aliphatic heterocycles. The second-order valence-corrected chi connectivity index (χ2v) is 5.35. The SMILES string of the molecule is CC(C)(C)OC(=O)c1ccn(-c2ccc(F)cc2N)n1. The normalized spacial score (nSPS) is 11.4. The van der Waals surface area contributed by atoms with E-state index in [4.69, 9.17) is 10.5 Å². The molecule has 2 N–H and O–H groups in total. The number of benzene rings is 1. The molecule has 6 heteroatoms. The van der Waals surface area contributed by atoms with Crippen LogP contribution in [0.4, 0.5) is 10.1 Å². The summed E-state index contributed by atoms with van der Waals surface area (Å²) < 4.78 is 19.6.